The molecule has 0 amide bonds. The summed E-state index contributed by atoms with van der Waals surface area (Å²) < 4.78 is 37.0. The Morgan fingerprint density at radius 2 is 1.57 bits per heavy atom. The fourth-order valence-electron chi connectivity index (χ4n) is 2.93. The third kappa shape index (κ3) is 8.13. The molecule has 0 saturated heterocycles. The minimum Gasteiger partial charge on any atom is -0.870 e. The molecule has 2 rings (SSSR count). The molecule has 0 radical (unpaired) electrons. The van der Waals surface area contributed by atoms with Gasteiger partial charge in [0.05, 0.1) is 4.90 Å². The second-order valence-corrected chi connectivity index (χ2v) is 8.09. The van der Waals surface area contributed by atoms with E-state index in [9.17, 15) is 13.5 Å². The number of aryl methyl sites for hydroxylation is 1. The maximum absolute atomic E-state index is 12.1. The molecule has 28 heavy (non-hydrogen) atoms. The Bertz CT molecular complexity index is 836. The van der Waals surface area contributed by atoms with Crippen LogP contribution in [0.4, 0.5) is 0 Å². The van der Waals surface area contributed by atoms with Gasteiger partial charge in [0.15, 0.2) is 0 Å². The van der Waals surface area contributed by atoms with Crippen molar-refractivity contribution in [1.82, 2.24) is 0 Å². The standard InChI is InChI=1S/C21H28O5S.Na/c1-2-3-4-5-6-7-8-11-17-12-9-10-13-20(17)26-21-15-14-18(16-19(21)22)27(23,24)25;/h9-10,12-16,22H,2-8,11H2,1H3,(H,23,24,25);/q;+1/p-1. The molecular formula is C21H27NaO5S. The van der Waals surface area contributed by atoms with Gasteiger partial charge in [0.1, 0.15) is 11.5 Å². The first kappa shape index (κ1) is 25.0. The summed E-state index contributed by atoms with van der Waals surface area (Å²) in [5, 5.41) is 12.1. The first-order valence-corrected chi connectivity index (χ1v) is 10.9. The van der Waals surface area contributed by atoms with Gasteiger partial charge in [-0.05, 0) is 42.7 Å². The van der Waals surface area contributed by atoms with E-state index in [1.165, 1.54) is 38.2 Å². The largest absolute Gasteiger partial charge is 1.00 e. The van der Waals surface area contributed by atoms with Gasteiger partial charge in [-0.3, -0.25) is 4.55 Å². The van der Waals surface area contributed by atoms with Crippen molar-refractivity contribution >= 4 is 10.1 Å². The Hall–Kier alpha value is -1.05. The van der Waals surface area contributed by atoms with E-state index >= 15 is 0 Å². The molecule has 0 saturated carbocycles. The molecule has 0 aliphatic rings. The molecule has 2 aromatic rings. The summed E-state index contributed by atoms with van der Waals surface area (Å²) in [6.07, 6.45) is 9.41. The zero-order valence-corrected chi connectivity index (χ0v) is 19.5. The molecule has 0 spiro atoms. The van der Waals surface area contributed by atoms with Crippen molar-refractivity contribution < 1.29 is 52.4 Å². The van der Waals surface area contributed by atoms with Crippen molar-refractivity contribution in [2.24, 2.45) is 0 Å². The Labute approximate surface area is 190 Å². The zero-order valence-electron chi connectivity index (χ0n) is 16.7. The van der Waals surface area contributed by atoms with E-state index in [2.05, 4.69) is 6.92 Å². The number of ether oxygens (including phenoxy) is 1. The summed E-state index contributed by atoms with van der Waals surface area (Å²) >= 11 is 0. The van der Waals surface area contributed by atoms with Gasteiger partial charge in [-0.1, -0.05) is 69.4 Å². The van der Waals surface area contributed by atoms with E-state index in [1.807, 2.05) is 18.2 Å². The van der Waals surface area contributed by atoms with Crippen LogP contribution in [0.5, 0.6) is 17.2 Å². The molecule has 0 atom stereocenters. The third-order valence-corrected chi connectivity index (χ3v) is 5.30. The maximum atomic E-state index is 12.1. The van der Waals surface area contributed by atoms with Crippen LogP contribution in [0.3, 0.4) is 0 Å². The number of hydrogen-bond acceptors (Lipinski definition) is 4. The quantitative estimate of drug-likeness (QED) is 0.346. The molecule has 0 unspecified atom stereocenters. The predicted molar refractivity (Wildman–Crippen MR) is 104 cm³/mol. The average Bonchev–Trinajstić information content (AvgIpc) is 2.63. The van der Waals surface area contributed by atoms with Crippen LogP contribution in [-0.4, -0.2) is 13.0 Å². The summed E-state index contributed by atoms with van der Waals surface area (Å²) in [5.41, 5.74) is 1.02. The van der Waals surface area contributed by atoms with E-state index in [4.69, 9.17) is 9.29 Å². The van der Waals surface area contributed by atoms with Gasteiger partial charge in [0.2, 0.25) is 0 Å². The number of para-hydroxylation sites is 1. The van der Waals surface area contributed by atoms with Gasteiger partial charge in [-0.15, -0.1) is 0 Å². The molecule has 7 heteroatoms. The Morgan fingerprint density at radius 1 is 0.929 bits per heavy atom. The number of unbranched alkanes of at least 4 members (excludes halogenated alkanes) is 6. The van der Waals surface area contributed by atoms with Gasteiger partial charge < -0.3 is 9.84 Å². The molecule has 2 aromatic carbocycles. The summed E-state index contributed by atoms with van der Waals surface area (Å²) in [5.74, 6) is 0.0467. The maximum Gasteiger partial charge on any atom is 1.00 e. The summed E-state index contributed by atoms with van der Waals surface area (Å²) in [6, 6.07) is 10.8. The average molecular weight is 414 g/mol. The summed E-state index contributed by atoms with van der Waals surface area (Å²) in [7, 11) is -4.40. The van der Waals surface area contributed by atoms with Crippen LogP contribution in [0.15, 0.2) is 47.4 Å². The van der Waals surface area contributed by atoms with Crippen molar-refractivity contribution in [3.8, 4) is 17.2 Å². The van der Waals surface area contributed by atoms with E-state index in [1.54, 1.807) is 6.07 Å². The molecule has 1 N–H and O–H groups in total. The van der Waals surface area contributed by atoms with Crippen molar-refractivity contribution in [3.05, 3.63) is 48.0 Å². The molecule has 0 bridgehead atoms. The third-order valence-electron chi connectivity index (χ3n) is 4.46. The summed E-state index contributed by atoms with van der Waals surface area (Å²) in [4.78, 5) is -0.434. The second kappa shape index (κ2) is 12.5. The number of benzene rings is 2. The fraction of sp³-hybridized carbons (Fsp3) is 0.429. The minimum atomic E-state index is -4.40. The molecule has 0 aliphatic carbocycles. The monoisotopic (exact) mass is 414 g/mol. The van der Waals surface area contributed by atoms with E-state index in [0.717, 1.165) is 37.0 Å². The Morgan fingerprint density at radius 3 is 2.21 bits per heavy atom. The van der Waals surface area contributed by atoms with Crippen LogP contribution in [-0.2, 0) is 16.5 Å². The molecule has 0 heterocycles. The number of rotatable bonds is 11. The molecule has 148 valence electrons. The first-order valence-electron chi connectivity index (χ1n) is 9.46. The van der Waals surface area contributed by atoms with Crippen LogP contribution in [0.25, 0.3) is 0 Å². The van der Waals surface area contributed by atoms with Crippen molar-refractivity contribution in [2.75, 3.05) is 0 Å². The van der Waals surface area contributed by atoms with Crippen LogP contribution >= 0.6 is 0 Å². The minimum absolute atomic E-state index is 0. The number of hydrogen-bond donors (Lipinski definition) is 1. The van der Waals surface area contributed by atoms with Gasteiger partial charge in [0.25, 0.3) is 10.1 Å². The first-order chi connectivity index (χ1) is 12.9. The van der Waals surface area contributed by atoms with Gasteiger partial charge in [-0.25, -0.2) is 0 Å². The van der Waals surface area contributed by atoms with E-state index < -0.39 is 20.8 Å². The zero-order chi connectivity index (χ0) is 19.7. The molecule has 0 fully saturated rings. The smallest absolute Gasteiger partial charge is 0.870 e. The van der Waals surface area contributed by atoms with Crippen LogP contribution in [0.1, 0.15) is 57.4 Å². The molecule has 0 aliphatic heterocycles. The van der Waals surface area contributed by atoms with Crippen molar-refractivity contribution in [3.63, 3.8) is 0 Å². The van der Waals surface area contributed by atoms with E-state index in [0.29, 0.717) is 5.75 Å². The Balaban J connectivity index is 0.00000392. The molecule has 5 nitrogen and oxygen atoms in total. The van der Waals surface area contributed by atoms with Crippen LogP contribution in [0.2, 0.25) is 0 Å². The SMILES string of the molecule is CCCCCCCCCc1ccccc1Oc1ccc(S(=O)(=O)O)cc1[O-].[Na+]. The second-order valence-electron chi connectivity index (χ2n) is 6.66. The molecular weight excluding hydrogens is 387 g/mol. The van der Waals surface area contributed by atoms with Crippen molar-refractivity contribution in [2.45, 2.75) is 63.2 Å². The van der Waals surface area contributed by atoms with E-state index in [-0.39, 0.29) is 35.3 Å². The normalized spacial score (nSPS) is 11.1. The Kier molecular flexibility index (Phi) is 11.2. The molecule has 0 aromatic heterocycles. The van der Waals surface area contributed by atoms with Crippen molar-refractivity contribution in [1.29, 1.82) is 0 Å². The predicted octanol–water partition coefficient (Wildman–Crippen LogP) is 2.10. The van der Waals surface area contributed by atoms with Crippen LogP contribution in [0, 0.1) is 0 Å². The van der Waals surface area contributed by atoms with Gasteiger partial charge in [-0.2, -0.15) is 8.42 Å². The van der Waals surface area contributed by atoms with Gasteiger partial charge >= 0.3 is 29.6 Å². The van der Waals surface area contributed by atoms with Crippen LogP contribution < -0.4 is 39.4 Å². The topological polar surface area (TPSA) is 86.7 Å². The summed E-state index contributed by atoms with van der Waals surface area (Å²) in [6.45, 7) is 2.21. The fourth-order valence-corrected chi connectivity index (χ4v) is 3.43. The van der Waals surface area contributed by atoms with Gasteiger partial charge in [0, 0.05) is 0 Å².